The van der Waals surface area contributed by atoms with Crippen LogP contribution >= 0.6 is 54.8 Å². The molecule has 6 heteroatoms. The van der Waals surface area contributed by atoms with Gasteiger partial charge in [-0.3, -0.25) is 0 Å². The maximum Gasteiger partial charge on any atom is 0.137 e. The van der Waals surface area contributed by atoms with Crippen molar-refractivity contribution >= 4 is 54.8 Å². The average molecular weight is 442 g/mol. The molecule has 0 amide bonds. The molecule has 0 fully saturated rings. The van der Waals surface area contributed by atoms with Crippen molar-refractivity contribution in [2.45, 2.75) is 19.4 Å². The van der Waals surface area contributed by atoms with E-state index in [1.807, 2.05) is 12.1 Å². The molecular weight excluding hydrogens is 428 g/mol. The lowest BCUT2D eigenvalue weighted by Crippen LogP contribution is -2.22. The Bertz CT molecular complexity index is 583. The van der Waals surface area contributed by atoms with Gasteiger partial charge in [-0.15, -0.1) is 11.3 Å². The predicted molar refractivity (Wildman–Crippen MR) is 91.3 cm³/mol. The second kappa shape index (κ2) is 7.36. The molecule has 2 rings (SSSR count). The standard InChI is InChI=1S/C14H13Br2ClFNS/c1-2-5-19-13(12-7-10(16)14(17)20-12)8-3-4-11(18)9(15)6-8/h3-4,6-7,13,19H,2,5H2,1H3. The molecule has 0 saturated heterocycles. The lowest BCUT2D eigenvalue weighted by molar-refractivity contribution is 0.596. The van der Waals surface area contributed by atoms with Gasteiger partial charge in [0.05, 0.1) is 10.5 Å². The number of hydrogen-bond donors (Lipinski definition) is 1. The van der Waals surface area contributed by atoms with Crippen molar-refractivity contribution in [3.05, 3.63) is 53.8 Å². The van der Waals surface area contributed by atoms with Gasteiger partial charge in [-0.2, -0.15) is 0 Å². The Morgan fingerprint density at radius 2 is 2.05 bits per heavy atom. The van der Waals surface area contributed by atoms with Gasteiger partial charge in [0.2, 0.25) is 0 Å². The molecule has 0 aliphatic rings. The van der Waals surface area contributed by atoms with Crippen LogP contribution in [0.4, 0.5) is 4.39 Å². The van der Waals surface area contributed by atoms with Gasteiger partial charge in [-0.25, -0.2) is 4.39 Å². The molecular formula is C14H13Br2ClFNS. The van der Waals surface area contributed by atoms with Crippen molar-refractivity contribution < 1.29 is 4.39 Å². The highest BCUT2D eigenvalue weighted by Crippen LogP contribution is 2.38. The number of nitrogens with one attached hydrogen (secondary N) is 1. The molecule has 0 spiro atoms. The third-order valence-corrected chi connectivity index (χ3v) is 5.97. The Balaban J connectivity index is 2.38. The zero-order valence-corrected chi connectivity index (χ0v) is 15.5. The molecule has 108 valence electrons. The number of rotatable bonds is 5. The molecule has 0 radical (unpaired) electrons. The summed E-state index contributed by atoms with van der Waals surface area (Å²) >= 11 is 14.3. The van der Waals surface area contributed by atoms with E-state index in [0.717, 1.165) is 32.2 Å². The van der Waals surface area contributed by atoms with Crippen molar-refractivity contribution in [3.63, 3.8) is 0 Å². The van der Waals surface area contributed by atoms with Crippen LogP contribution < -0.4 is 5.32 Å². The third kappa shape index (κ3) is 3.83. The first kappa shape index (κ1) is 16.4. The molecule has 1 heterocycles. The normalized spacial score (nSPS) is 12.7. The highest BCUT2D eigenvalue weighted by molar-refractivity contribution is 9.10. The lowest BCUT2D eigenvalue weighted by Gasteiger charge is -2.18. The van der Waals surface area contributed by atoms with Crippen molar-refractivity contribution in [1.29, 1.82) is 0 Å². The summed E-state index contributed by atoms with van der Waals surface area (Å²) in [6, 6.07) is 7.11. The molecule has 0 aliphatic carbocycles. The third-order valence-electron chi connectivity index (χ3n) is 2.82. The van der Waals surface area contributed by atoms with E-state index in [0.29, 0.717) is 4.47 Å². The molecule has 0 bridgehead atoms. The fraction of sp³-hybridized carbons (Fsp3) is 0.286. The van der Waals surface area contributed by atoms with Crippen LogP contribution in [-0.2, 0) is 0 Å². The molecule has 0 aliphatic heterocycles. The summed E-state index contributed by atoms with van der Waals surface area (Å²) in [5, 5.41) is 3.48. The van der Waals surface area contributed by atoms with Crippen LogP contribution in [0.25, 0.3) is 0 Å². The van der Waals surface area contributed by atoms with Crippen LogP contribution in [0.3, 0.4) is 0 Å². The molecule has 20 heavy (non-hydrogen) atoms. The van der Waals surface area contributed by atoms with Crippen LogP contribution in [-0.4, -0.2) is 6.54 Å². The van der Waals surface area contributed by atoms with Crippen LogP contribution in [0.2, 0.25) is 4.34 Å². The quantitative estimate of drug-likeness (QED) is 0.586. The molecule has 1 nitrogen and oxygen atoms in total. The first-order valence-corrected chi connectivity index (χ1v) is 8.94. The topological polar surface area (TPSA) is 12.0 Å². The highest BCUT2D eigenvalue weighted by Gasteiger charge is 2.18. The predicted octanol–water partition coefficient (Wildman–Crippen LogP) is 6.15. The minimum absolute atomic E-state index is 0.0145. The summed E-state index contributed by atoms with van der Waals surface area (Å²) in [6.07, 6.45) is 1.03. The molecule has 0 saturated carbocycles. The van der Waals surface area contributed by atoms with Crippen LogP contribution in [0.5, 0.6) is 0 Å². The average Bonchev–Trinajstić information content (AvgIpc) is 2.74. The Morgan fingerprint density at radius 3 is 2.60 bits per heavy atom. The van der Waals surface area contributed by atoms with E-state index in [4.69, 9.17) is 11.6 Å². The molecule has 2 aromatic rings. The minimum atomic E-state index is -0.256. The summed E-state index contributed by atoms with van der Waals surface area (Å²) < 4.78 is 15.5. The zero-order valence-electron chi connectivity index (χ0n) is 10.7. The van der Waals surface area contributed by atoms with Crippen molar-refractivity contribution in [2.24, 2.45) is 0 Å². The summed E-state index contributed by atoms with van der Waals surface area (Å²) in [5.74, 6) is -0.256. The van der Waals surface area contributed by atoms with E-state index in [2.05, 4.69) is 44.1 Å². The van der Waals surface area contributed by atoms with Crippen molar-refractivity contribution in [2.75, 3.05) is 6.54 Å². The number of thiophene rings is 1. The van der Waals surface area contributed by atoms with Gasteiger partial charge >= 0.3 is 0 Å². The van der Waals surface area contributed by atoms with E-state index < -0.39 is 0 Å². The Hall–Kier alpha value is 0.0600. The smallest absolute Gasteiger partial charge is 0.137 e. The van der Waals surface area contributed by atoms with Gasteiger partial charge in [-0.05, 0) is 68.6 Å². The molecule has 1 aromatic heterocycles. The maximum absolute atomic E-state index is 13.4. The fourth-order valence-corrected chi connectivity index (χ4v) is 4.11. The first-order chi connectivity index (χ1) is 9.52. The molecule has 1 N–H and O–H groups in total. The van der Waals surface area contributed by atoms with E-state index in [1.54, 1.807) is 6.07 Å². The van der Waals surface area contributed by atoms with Gasteiger partial charge < -0.3 is 5.32 Å². The lowest BCUT2D eigenvalue weighted by atomic mass is 10.1. The Morgan fingerprint density at radius 1 is 1.30 bits per heavy atom. The molecule has 1 unspecified atom stereocenters. The van der Waals surface area contributed by atoms with Crippen LogP contribution in [0.15, 0.2) is 33.2 Å². The number of hydrogen-bond acceptors (Lipinski definition) is 2. The monoisotopic (exact) mass is 439 g/mol. The van der Waals surface area contributed by atoms with Gasteiger partial charge in [0.25, 0.3) is 0 Å². The van der Waals surface area contributed by atoms with E-state index in [1.165, 1.54) is 17.4 Å². The van der Waals surface area contributed by atoms with E-state index >= 15 is 0 Å². The fourth-order valence-electron chi connectivity index (χ4n) is 1.87. The van der Waals surface area contributed by atoms with E-state index in [-0.39, 0.29) is 11.9 Å². The van der Waals surface area contributed by atoms with Crippen LogP contribution in [0.1, 0.15) is 29.8 Å². The largest absolute Gasteiger partial charge is 0.306 e. The van der Waals surface area contributed by atoms with Gasteiger partial charge in [0.1, 0.15) is 10.2 Å². The first-order valence-electron chi connectivity index (χ1n) is 6.16. The molecule has 1 atom stereocenters. The second-order valence-electron chi connectivity index (χ2n) is 4.33. The van der Waals surface area contributed by atoms with Crippen LogP contribution in [0, 0.1) is 5.82 Å². The summed E-state index contributed by atoms with van der Waals surface area (Å²) in [5.41, 5.74) is 1.01. The Labute approximate surface area is 143 Å². The maximum atomic E-state index is 13.4. The summed E-state index contributed by atoms with van der Waals surface area (Å²) in [7, 11) is 0. The van der Waals surface area contributed by atoms with E-state index in [9.17, 15) is 4.39 Å². The zero-order chi connectivity index (χ0) is 14.7. The van der Waals surface area contributed by atoms with Gasteiger partial charge in [0, 0.05) is 9.35 Å². The molecule has 1 aromatic carbocycles. The van der Waals surface area contributed by atoms with Crippen molar-refractivity contribution in [1.82, 2.24) is 5.32 Å². The number of halogens is 4. The van der Waals surface area contributed by atoms with Gasteiger partial charge in [-0.1, -0.05) is 24.6 Å². The summed E-state index contributed by atoms with van der Waals surface area (Å²) in [6.45, 7) is 2.99. The highest BCUT2D eigenvalue weighted by atomic mass is 79.9. The van der Waals surface area contributed by atoms with Crippen molar-refractivity contribution in [3.8, 4) is 0 Å². The Kier molecular flexibility index (Phi) is 6.05. The SMILES string of the molecule is CCCNC(c1ccc(F)c(Br)c1)c1cc(Br)c(Cl)s1. The summed E-state index contributed by atoms with van der Waals surface area (Å²) in [4.78, 5) is 1.11. The number of benzene rings is 1. The second-order valence-corrected chi connectivity index (χ2v) is 7.73. The minimum Gasteiger partial charge on any atom is -0.306 e. The van der Waals surface area contributed by atoms with Gasteiger partial charge in [0.15, 0.2) is 0 Å².